The van der Waals surface area contributed by atoms with Crippen LogP contribution in [0.1, 0.15) is 32.8 Å². The number of benzene rings is 1. The van der Waals surface area contributed by atoms with Gasteiger partial charge in [0.2, 0.25) is 5.91 Å². The molecular formula is C19H24BrFN2O4. The maximum Gasteiger partial charge on any atom is 0.411 e. The molecule has 1 aliphatic carbocycles. The third-order valence-corrected chi connectivity index (χ3v) is 5.55. The lowest BCUT2D eigenvalue weighted by atomic mass is 9.93. The van der Waals surface area contributed by atoms with Gasteiger partial charge in [0.1, 0.15) is 24.2 Å². The summed E-state index contributed by atoms with van der Waals surface area (Å²) in [5, 5.41) is 2.66. The quantitative estimate of drug-likeness (QED) is 0.726. The SMILES string of the molecule is COCNC(=O)C1[C@@H]2C[C@]2(c2cc(Br)ccc2F)CN1C(=O)OC(C)(C)C. The molecule has 1 unspecified atom stereocenters. The van der Waals surface area contributed by atoms with Gasteiger partial charge in [-0.05, 0) is 51.0 Å². The normalized spacial score (nSPS) is 26.5. The topological polar surface area (TPSA) is 67.9 Å². The number of ether oxygens (including phenoxy) is 2. The number of fused-ring (bicyclic) bond motifs is 1. The maximum absolute atomic E-state index is 14.5. The van der Waals surface area contributed by atoms with Gasteiger partial charge in [-0.15, -0.1) is 0 Å². The van der Waals surface area contributed by atoms with Gasteiger partial charge in [-0.25, -0.2) is 9.18 Å². The van der Waals surface area contributed by atoms with Crippen molar-refractivity contribution >= 4 is 27.9 Å². The zero-order chi connectivity index (χ0) is 20.0. The predicted molar refractivity (Wildman–Crippen MR) is 101 cm³/mol. The maximum atomic E-state index is 14.5. The van der Waals surface area contributed by atoms with Crippen LogP contribution in [0, 0.1) is 11.7 Å². The van der Waals surface area contributed by atoms with E-state index in [4.69, 9.17) is 9.47 Å². The first-order valence-electron chi connectivity index (χ1n) is 8.81. The molecule has 1 aromatic rings. The van der Waals surface area contributed by atoms with Gasteiger partial charge in [-0.2, -0.15) is 0 Å². The van der Waals surface area contributed by atoms with Gasteiger partial charge >= 0.3 is 6.09 Å². The number of nitrogens with one attached hydrogen (secondary N) is 1. The van der Waals surface area contributed by atoms with E-state index >= 15 is 0 Å². The second-order valence-corrected chi connectivity index (χ2v) is 9.03. The first-order valence-corrected chi connectivity index (χ1v) is 9.60. The Balaban J connectivity index is 1.92. The minimum Gasteiger partial charge on any atom is -0.444 e. The first kappa shape index (κ1) is 20.1. The summed E-state index contributed by atoms with van der Waals surface area (Å²) in [4.78, 5) is 26.9. The average molecular weight is 443 g/mol. The van der Waals surface area contributed by atoms with Crippen LogP contribution in [0.4, 0.5) is 9.18 Å². The van der Waals surface area contributed by atoms with E-state index in [9.17, 15) is 14.0 Å². The smallest absolute Gasteiger partial charge is 0.411 e. The predicted octanol–water partition coefficient (Wildman–Crippen LogP) is 3.19. The summed E-state index contributed by atoms with van der Waals surface area (Å²) in [5.74, 6) is -0.809. The van der Waals surface area contributed by atoms with Crippen LogP contribution in [0.2, 0.25) is 0 Å². The van der Waals surface area contributed by atoms with E-state index < -0.39 is 23.2 Å². The Labute approximate surface area is 166 Å². The monoisotopic (exact) mass is 442 g/mol. The number of piperidine rings is 1. The van der Waals surface area contributed by atoms with Crippen LogP contribution in [0.5, 0.6) is 0 Å². The second-order valence-electron chi connectivity index (χ2n) is 8.12. The fraction of sp³-hybridized carbons (Fsp3) is 0.579. The Hall–Kier alpha value is -1.67. The van der Waals surface area contributed by atoms with Gasteiger partial charge in [-0.1, -0.05) is 15.9 Å². The molecule has 0 bridgehead atoms. The molecule has 1 heterocycles. The van der Waals surface area contributed by atoms with Crippen molar-refractivity contribution in [1.29, 1.82) is 0 Å². The fourth-order valence-corrected chi connectivity index (χ4v) is 4.25. The van der Waals surface area contributed by atoms with Crippen molar-refractivity contribution in [2.24, 2.45) is 5.92 Å². The highest BCUT2D eigenvalue weighted by Crippen LogP contribution is 2.62. The molecular weight excluding hydrogens is 419 g/mol. The van der Waals surface area contributed by atoms with Gasteiger partial charge in [0, 0.05) is 29.5 Å². The van der Waals surface area contributed by atoms with E-state index in [0.717, 1.165) is 4.47 Å². The van der Waals surface area contributed by atoms with Crippen LogP contribution >= 0.6 is 15.9 Å². The molecule has 2 aliphatic rings. The minimum atomic E-state index is -0.714. The van der Waals surface area contributed by atoms with E-state index in [2.05, 4.69) is 21.2 Å². The Kier molecular flexibility index (Phi) is 5.24. The summed E-state index contributed by atoms with van der Waals surface area (Å²) >= 11 is 3.38. The average Bonchev–Trinajstić information content (AvgIpc) is 3.18. The lowest BCUT2D eigenvalue weighted by Gasteiger charge is -2.30. The zero-order valence-electron chi connectivity index (χ0n) is 15.8. The Morgan fingerprint density at radius 2 is 2.11 bits per heavy atom. The van der Waals surface area contributed by atoms with E-state index in [1.807, 2.05) is 0 Å². The van der Waals surface area contributed by atoms with Crippen LogP contribution < -0.4 is 5.32 Å². The van der Waals surface area contributed by atoms with E-state index in [-0.39, 0.29) is 30.9 Å². The van der Waals surface area contributed by atoms with Crippen molar-refractivity contribution < 1.29 is 23.5 Å². The van der Waals surface area contributed by atoms with Crippen molar-refractivity contribution in [2.75, 3.05) is 20.4 Å². The number of rotatable bonds is 4. The number of nitrogens with zero attached hydrogens (tertiary/aromatic N) is 1. The lowest BCUT2D eigenvalue weighted by molar-refractivity contribution is -0.127. The van der Waals surface area contributed by atoms with E-state index in [1.54, 1.807) is 32.9 Å². The molecule has 1 saturated heterocycles. The van der Waals surface area contributed by atoms with Crippen molar-refractivity contribution in [2.45, 2.75) is 44.2 Å². The molecule has 148 valence electrons. The largest absolute Gasteiger partial charge is 0.444 e. The summed E-state index contributed by atoms with van der Waals surface area (Å²) in [5.41, 5.74) is -0.733. The summed E-state index contributed by atoms with van der Waals surface area (Å²) in [6.07, 6.45) is 0.0760. The van der Waals surface area contributed by atoms with Crippen molar-refractivity contribution in [1.82, 2.24) is 10.2 Å². The summed E-state index contributed by atoms with van der Waals surface area (Å²) in [6.45, 7) is 5.59. The third-order valence-electron chi connectivity index (χ3n) is 5.06. The fourth-order valence-electron chi connectivity index (χ4n) is 3.89. The van der Waals surface area contributed by atoms with Crippen LogP contribution in [0.3, 0.4) is 0 Å². The highest BCUT2D eigenvalue weighted by molar-refractivity contribution is 9.10. The second kappa shape index (κ2) is 7.05. The highest BCUT2D eigenvalue weighted by atomic mass is 79.9. The van der Waals surface area contributed by atoms with Crippen molar-refractivity contribution in [3.63, 3.8) is 0 Å². The van der Waals surface area contributed by atoms with Gasteiger partial charge in [-0.3, -0.25) is 9.69 Å². The van der Waals surface area contributed by atoms with Gasteiger partial charge < -0.3 is 14.8 Å². The molecule has 6 nitrogen and oxygen atoms in total. The molecule has 0 aromatic heterocycles. The molecule has 1 aliphatic heterocycles. The van der Waals surface area contributed by atoms with E-state index in [0.29, 0.717) is 12.0 Å². The van der Waals surface area contributed by atoms with Gasteiger partial charge in [0.25, 0.3) is 0 Å². The number of likely N-dealkylation sites (tertiary alicyclic amines) is 1. The lowest BCUT2D eigenvalue weighted by Crippen LogP contribution is -2.50. The number of halogens is 2. The summed E-state index contributed by atoms with van der Waals surface area (Å²) in [6, 6.07) is 4.06. The Bertz CT molecular complexity index is 767. The molecule has 8 heteroatoms. The number of amides is 2. The number of hydrogen-bond donors (Lipinski definition) is 1. The Morgan fingerprint density at radius 3 is 2.74 bits per heavy atom. The number of hydrogen-bond acceptors (Lipinski definition) is 4. The number of carbonyl (C=O) groups excluding carboxylic acids is 2. The van der Waals surface area contributed by atoms with Gasteiger partial charge in [0.15, 0.2) is 0 Å². The molecule has 1 saturated carbocycles. The number of methoxy groups -OCH3 is 1. The standard InChI is InChI=1S/C19H24BrFN2O4/c1-18(2,3)27-17(25)23-9-19(12-7-11(20)5-6-14(12)21)8-13(19)15(23)16(24)22-10-26-4/h5-7,13,15H,8-10H2,1-4H3,(H,22,24)/t13-,15?,19+/m0/s1. The molecule has 0 spiro atoms. The van der Waals surface area contributed by atoms with Crippen molar-refractivity contribution in [3.8, 4) is 0 Å². The molecule has 2 amide bonds. The molecule has 27 heavy (non-hydrogen) atoms. The van der Waals surface area contributed by atoms with Crippen LogP contribution in [0.25, 0.3) is 0 Å². The molecule has 0 radical (unpaired) electrons. The number of carbonyl (C=O) groups is 2. The molecule has 1 N–H and O–H groups in total. The molecule has 2 fully saturated rings. The molecule has 3 atom stereocenters. The highest BCUT2D eigenvalue weighted by Gasteiger charge is 2.69. The molecule has 3 rings (SSSR count). The third kappa shape index (κ3) is 3.82. The van der Waals surface area contributed by atoms with Gasteiger partial charge in [0.05, 0.1) is 0 Å². The Morgan fingerprint density at radius 1 is 1.41 bits per heavy atom. The summed E-state index contributed by atoms with van der Waals surface area (Å²) < 4.78 is 25.7. The van der Waals surface area contributed by atoms with Crippen LogP contribution in [0.15, 0.2) is 22.7 Å². The zero-order valence-corrected chi connectivity index (χ0v) is 17.4. The van der Waals surface area contributed by atoms with Crippen LogP contribution in [-0.4, -0.2) is 48.9 Å². The van der Waals surface area contributed by atoms with Crippen LogP contribution in [-0.2, 0) is 19.7 Å². The van der Waals surface area contributed by atoms with Crippen molar-refractivity contribution in [3.05, 3.63) is 34.1 Å². The first-order chi connectivity index (χ1) is 12.6. The minimum absolute atomic E-state index is 0.0441. The summed E-state index contributed by atoms with van der Waals surface area (Å²) in [7, 11) is 1.47. The van der Waals surface area contributed by atoms with E-state index in [1.165, 1.54) is 18.1 Å². The molecule has 1 aromatic carbocycles.